The number of urea groups is 1. The van der Waals surface area contributed by atoms with Crippen LogP contribution in [0.5, 0.6) is 0 Å². The van der Waals surface area contributed by atoms with Gasteiger partial charge in [0.1, 0.15) is 0 Å². The third kappa shape index (κ3) is 10.2. The second-order valence-electron chi connectivity index (χ2n) is 4.96. The fourth-order valence-corrected chi connectivity index (χ4v) is 1.70. The molecule has 0 saturated carbocycles. The zero-order chi connectivity index (χ0) is 15.5. The first kappa shape index (κ1) is 18.2. The van der Waals surface area contributed by atoms with Gasteiger partial charge in [-0.25, -0.2) is 4.79 Å². The highest BCUT2D eigenvalue weighted by Crippen LogP contribution is 2.01. The number of carbonyl (C=O) groups is 3. The van der Waals surface area contributed by atoms with Crippen molar-refractivity contribution < 1.29 is 19.5 Å². The molecule has 4 N–H and O–H groups in total. The quantitative estimate of drug-likeness (QED) is 0.504. The zero-order valence-corrected chi connectivity index (χ0v) is 12.4. The van der Waals surface area contributed by atoms with E-state index in [2.05, 4.69) is 16.0 Å². The summed E-state index contributed by atoms with van der Waals surface area (Å²) in [6, 6.07) is -0.759. The first-order valence-corrected chi connectivity index (χ1v) is 6.90. The molecule has 0 aliphatic rings. The Morgan fingerprint density at radius 3 is 2.30 bits per heavy atom. The number of rotatable bonds is 9. The van der Waals surface area contributed by atoms with E-state index in [1.165, 1.54) is 0 Å². The molecule has 3 amide bonds. The monoisotopic (exact) mass is 287 g/mol. The number of carboxylic acid groups (broad SMARTS) is 1. The lowest BCUT2D eigenvalue weighted by Gasteiger charge is -2.16. The lowest BCUT2D eigenvalue weighted by Crippen LogP contribution is -2.44. The molecule has 0 heterocycles. The highest BCUT2D eigenvalue weighted by Gasteiger charge is 2.15. The first-order valence-electron chi connectivity index (χ1n) is 6.90. The Bertz CT molecular complexity index is 332. The summed E-state index contributed by atoms with van der Waals surface area (Å²) in [5, 5.41) is 16.6. The molecule has 1 unspecified atom stereocenters. The number of carboxylic acids is 1. The van der Waals surface area contributed by atoms with Crippen molar-refractivity contribution in [2.45, 2.75) is 58.5 Å². The minimum Gasteiger partial charge on any atom is -0.481 e. The summed E-state index contributed by atoms with van der Waals surface area (Å²) in [6.45, 7) is 5.86. The third-order valence-electron chi connectivity index (χ3n) is 2.48. The summed E-state index contributed by atoms with van der Waals surface area (Å²) in [5.41, 5.74) is 0. The summed E-state index contributed by atoms with van der Waals surface area (Å²) < 4.78 is 0. The Kier molecular flexibility index (Phi) is 9.15. The average Bonchev–Trinajstić information content (AvgIpc) is 2.26. The molecule has 7 nitrogen and oxygen atoms in total. The predicted octanol–water partition coefficient (Wildman–Crippen LogP) is 0.844. The van der Waals surface area contributed by atoms with Crippen LogP contribution in [-0.4, -0.2) is 41.6 Å². The molecule has 0 radical (unpaired) electrons. The molecule has 0 aromatic rings. The predicted molar refractivity (Wildman–Crippen MR) is 75.4 cm³/mol. The van der Waals surface area contributed by atoms with Crippen LogP contribution >= 0.6 is 0 Å². The minimum atomic E-state index is -0.944. The second kappa shape index (κ2) is 10.1. The molecule has 0 saturated heterocycles. The molecular weight excluding hydrogens is 262 g/mol. The summed E-state index contributed by atoms with van der Waals surface area (Å²) in [7, 11) is 0. The van der Waals surface area contributed by atoms with E-state index in [4.69, 9.17) is 5.11 Å². The van der Waals surface area contributed by atoms with Crippen molar-refractivity contribution in [2.24, 2.45) is 0 Å². The van der Waals surface area contributed by atoms with E-state index in [0.29, 0.717) is 6.42 Å². The lowest BCUT2D eigenvalue weighted by atomic mass is 10.1. The Labute approximate surface area is 119 Å². The van der Waals surface area contributed by atoms with E-state index < -0.39 is 12.0 Å². The summed E-state index contributed by atoms with van der Waals surface area (Å²) >= 11 is 0. The van der Waals surface area contributed by atoms with Gasteiger partial charge in [0.15, 0.2) is 0 Å². The lowest BCUT2D eigenvalue weighted by molar-refractivity contribution is -0.137. The van der Waals surface area contributed by atoms with Crippen LogP contribution < -0.4 is 16.0 Å². The van der Waals surface area contributed by atoms with E-state index in [0.717, 1.165) is 6.42 Å². The minimum absolute atomic E-state index is 0.0702. The van der Waals surface area contributed by atoms with E-state index in [1.54, 1.807) is 0 Å². The van der Waals surface area contributed by atoms with Gasteiger partial charge in [-0.1, -0.05) is 13.3 Å². The van der Waals surface area contributed by atoms with Crippen LogP contribution in [0.25, 0.3) is 0 Å². The fourth-order valence-electron chi connectivity index (χ4n) is 1.70. The summed E-state index contributed by atoms with van der Waals surface area (Å²) in [6.07, 6.45) is 1.49. The van der Waals surface area contributed by atoms with Gasteiger partial charge >= 0.3 is 12.0 Å². The van der Waals surface area contributed by atoms with Crippen molar-refractivity contribution in [2.75, 3.05) is 6.54 Å². The van der Waals surface area contributed by atoms with Gasteiger partial charge in [0, 0.05) is 25.0 Å². The number of aliphatic carboxylic acids is 1. The molecular formula is C13H25N3O4. The third-order valence-corrected chi connectivity index (χ3v) is 2.48. The van der Waals surface area contributed by atoms with Crippen molar-refractivity contribution in [1.29, 1.82) is 0 Å². The Balaban J connectivity index is 3.95. The summed E-state index contributed by atoms with van der Waals surface area (Å²) in [5.74, 6) is -1.07. The van der Waals surface area contributed by atoms with Crippen LogP contribution in [0.3, 0.4) is 0 Å². The van der Waals surface area contributed by atoms with Crippen LogP contribution in [0.2, 0.25) is 0 Å². The van der Waals surface area contributed by atoms with Crippen LogP contribution in [0.1, 0.15) is 46.5 Å². The Morgan fingerprint density at radius 2 is 1.80 bits per heavy atom. The van der Waals surface area contributed by atoms with E-state index in [1.807, 2.05) is 20.8 Å². The first-order chi connectivity index (χ1) is 9.35. The number of carbonyl (C=O) groups excluding carboxylic acids is 2. The standard InChI is InChI=1S/C13H25N3O4/c1-4-5-10(8-12(18)19)16-13(20)14-7-6-11(17)15-9(2)3/h9-10H,4-8H2,1-3H3,(H,15,17)(H,18,19)(H2,14,16,20). The Hall–Kier alpha value is -1.79. The average molecular weight is 287 g/mol. The highest BCUT2D eigenvalue weighted by molar-refractivity contribution is 5.78. The van der Waals surface area contributed by atoms with Gasteiger partial charge in [-0.3, -0.25) is 9.59 Å². The highest BCUT2D eigenvalue weighted by atomic mass is 16.4. The summed E-state index contributed by atoms with van der Waals surface area (Å²) in [4.78, 5) is 33.6. The van der Waals surface area contributed by atoms with E-state index >= 15 is 0 Å². The second-order valence-corrected chi connectivity index (χ2v) is 4.96. The maximum atomic E-state index is 11.6. The topological polar surface area (TPSA) is 108 Å². The van der Waals surface area contributed by atoms with Gasteiger partial charge in [0.2, 0.25) is 5.91 Å². The smallest absolute Gasteiger partial charge is 0.315 e. The largest absolute Gasteiger partial charge is 0.481 e. The van der Waals surface area contributed by atoms with Gasteiger partial charge in [0.05, 0.1) is 6.42 Å². The fraction of sp³-hybridized carbons (Fsp3) is 0.769. The molecule has 7 heteroatoms. The number of hydrogen-bond donors (Lipinski definition) is 4. The number of amides is 3. The van der Waals surface area contributed by atoms with Gasteiger partial charge < -0.3 is 21.1 Å². The molecule has 0 fully saturated rings. The van der Waals surface area contributed by atoms with Crippen molar-refractivity contribution in [3.8, 4) is 0 Å². The van der Waals surface area contributed by atoms with Crippen molar-refractivity contribution in [3.05, 3.63) is 0 Å². The van der Waals surface area contributed by atoms with Crippen molar-refractivity contribution >= 4 is 17.9 Å². The maximum absolute atomic E-state index is 11.6. The molecule has 0 aliphatic carbocycles. The van der Waals surface area contributed by atoms with Crippen LogP contribution in [0.4, 0.5) is 4.79 Å². The molecule has 0 bridgehead atoms. The molecule has 0 aliphatic heterocycles. The molecule has 1 atom stereocenters. The molecule has 0 aromatic carbocycles. The van der Waals surface area contributed by atoms with Crippen LogP contribution in [0.15, 0.2) is 0 Å². The Morgan fingerprint density at radius 1 is 1.15 bits per heavy atom. The molecule has 0 spiro atoms. The van der Waals surface area contributed by atoms with Gasteiger partial charge in [0.25, 0.3) is 0 Å². The maximum Gasteiger partial charge on any atom is 0.315 e. The van der Waals surface area contributed by atoms with Gasteiger partial charge in [-0.05, 0) is 20.3 Å². The van der Waals surface area contributed by atoms with Crippen LogP contribution in [0, 0.1) is 0 Å². The van der Waals surface area contributed by atoms with Gasteiger partial charge in [-0.15, -0.1) is 0 Å². The van der Waals surface area contributed by atoms with Crippen molar-refractivity contribution in [3.63, 3.8) is 0 Å². The molecule has 0 aromatic heterocycles. The van der Waals surface area contributed by atoms with E-state index in [9.17, 15) is 14.4 Å². The van der Waals surface area contributed by atoms with Crippen LogP contribution in [-0.2, 0) is 9.59 Å². The zero-order valence-electron chi connectivity index (χ0n) is 12.4. The molecule has 20 heavy (non-hydrogen) atoms. The number of hydrogen-bond acceptors (Lipinski definition) is 3. The molecule has 0 rings (SSSR count). The van der Waals surface area contributed by atoms with Crippen molar-refractivity contribution in [1.82, 2.24) is 16.0 Å². The normalized spacial score (nSPS) is 11.8. The van der Waals surface area contributed by atoms with Gasteiger partial charge in [-0.2, -0.15) is 0 Å². The SMILES string of the molecule is CCCC(CC(=O)O)NC(=O)NCCC(=O)NC(C)C. The molecule has 116 valence electrons. The number of nitrogens with one attached hydrogen (secondary N) is 3. The van der Waals surface area contributed by atoms with E-state index in [-0.39, 0.29) is 37.4 Å².